The minimum atomic E-state index is -0.312. The average molecular weight is 381 g/mol. The molecule has 128 valence electrons. The van der Waals surface area contributed by atoms with E-state index in [-0.39, 0.29) is 17.7 Å². The third kappa shape index (κ3) is 3.23. The fraction of sp³-hybridized carbons (Fsp3) is 0.0500. The lowest BCUT2D eigenvalue weighted by molar-refractivity contribution is -0.123. The van der Waals surface area contributed by atoms with Crippen LogP contribution in [0.4, 0.5) is 4.79 Å². The standard InChI is InChI=1S/C20H13ClN2O2S/c21-18-15(11-14-8-4-5-9-16(14)22-18)12-23-19(24)17(26-20(23)25)10-13-6-2-1-3-7-13/h1-11H,12H2/b17-10-. The Kier molecular flexibility index (Phi) is 4.49. The number of hydrogen-bond donors (Lipinski definition) is 0. The first-order valence-electron chi connectivity index (χ1n) is 7.96. The smallest absolute Gasteiger partial charge is 0.268 e. The number of imide groups is 1. The van der Waals surface area contributed by atoms with Gasteiger partial charge < -0.3 is 0 Å². The van der Waals surface area contributed by atoms with Crippen LogP contribution < -0.4 is 0 Å². The monoisotopic (exact) mass is 380 g/mol. The Bertz CT molecular complexity index is 1050. The molecule has 0 saturated carbocycles. The average Bonchev–Trinajstić information content (AvgIpc) is 2.90. The zero-order chi connectivity index (χ0) is 18.1. The fourth-order valence-corrected chi connectivity index (χ4v) is 3.80. The van der Waals surface area contributed by atoms with E-state index in [1.807, 2.05) is 60.7 Å². The van der Waals surface area contributed by atoms with Gasteiger partial charge in [-0.2, -0.15) is 0 Å². The SMILES string of the molecule is O=C1S/C(=C\c2ccccc2)C(=O)N1Cc1cc2ccccc2nc1Cl. The molecular formula is C20H13ClN2O2S. The maximum absolute atomic E-state index is 12.7. The summed E-state index contributed by atoms with van der Waals surface area (Å²) in [5.74, 6) is -0.312. The Balaban J connectivity index is 1.63. The molecule has 1 fully saturated rings. The normalized spacial score (nSPS) is 16.0. The van der Waals surface area contributed by atoms with Gasteiger partial charge in [0.05, 0.1) is 17.0 Å². The first kappa shape index (κ1) is 16.8. The number of rotatable bonds is 3. The van der Waals surface area contributed by atoms with Crippen molar-refractivity contribution in [1.82, 2.24) is 9.88 Å². The number of carbonyl (C=O) groups is 2. The fourth-order valence-electron chi connectivity index (χ4n) is 2.75. The number of thioether (sulfide) groups is 1. The molecule has 1 saturated heterocycles. The highest BCUT2D eigenvalue weighted by molar-refractivity contribution is 8.18. The maximum atomic E-state index is 12.7. The highest BCUT2D eigenvalue weighted by Crippen LogP contribution is 2.34. The van der Waals surface area contributed by atoms with Crippen molar-refractivity contribution < 1.29 is 9.59 Å². The largest absolute Gasteiger partial charge is 0.293 e. The van der Waals surface area contributed by atoms with Crippen LogP contribution in [0.5, 0.6) is 0 Å². The zero-order valence-corrected chi connectivity index (χ0v) is 15.1. The highest BCUT2D eigenvalue weighted by atomic mass is 35.5. The molecule has 2 heterocycles. The van der Waals surface area contributed by atoms with Crippen LogP contribution in [0, 0.1) is 0 Å². The number of aromatic nitrogens is 1. The Morgan fingerprint density at radius 1 is 1.04 bits per heavy atom. The van der Waals surface area contributed by atoms with E-state index in [9.17, 15) is 9.59 Å². The van der Waals surface area contributed by atoms with E-state index >= 15 is 0 Å². The van der Waals surface area contributed by atoms with E-state index < -0.39 is 0 Å². The summed E-state index contributed by atoms with van der Waals surface area (Å²) in [6.07, 6.45) is 1.73. The van der Waals surface area contributed by atoms with Gasteiger partial charge in [-0.3, -0.25) is 14.5 Å². The van der Waals surface area contributed by atoms with Crippen molar-refractivity contribution in [2.45, 2.75) is 6.54 Å². The second kappa shape index (κ2) is 6.94. The molecule has 2 aromatic carbocycles. The van der Waals surface area contributed by atoms with Gasteiger partial charge in [-0.1, -0.05) is 60.1 Å². The van der Waals surface area contributed by atoms with Crippen molar-refractivity contribution in [3.8, 4) is 0 Å². The van der Waals surface area contributed by atoms with Crippen molar-refractivity contribution in [1.29, 1.82) is 0 Å². The molecular weight excluding hydrogens is 368 g/mol. The Morgan fingerprint density at radius 3 is 2.58 bits per heavy atom. The number of para-hydroxylation sites is 1. The van der Waals surface area contributed by atoms with Crippen molar-refractivity contribution in [3.63, 3.8) is 0 Å². The molecule has 1 aliphatic heterocycles. The molecule has 0 atom stereocenters. The molecule has 0 aliphatic carbocycles. The van der Waals surface area contributed by atoms with Crippen LogP contribution >= 0.6 is 23.4 Å². The second-order valence-electron chi connectivity index (χ2n) is 5.81. The predicted molar refractivity (Wildman–Crippen MR) is 105 cm³/mol. The van der Waals surface area contributed by atoms with Crippen molar-refractivity contribution in [2.24, 2.45) is 0 Å². The van der Waals surface area contributed by atoms with Gasteiger partial charge in [0.1, 0.15) is 5.15 Å². The Hall–Kier alpha value is -2.63. The molecule has 1 aromatic heterocycles. The molecule has 26 heavy (non-hydrogen) atoms. The number of pyridine rings is 1. The quantitative estimate of drug-likeness (QED) is 0.467. The van der Waals surface area contributed by atoms with Crippen molar-refractivity contribution in [3.05, 3.63) is 81.8 Å². The van der Waals surface area contributed by atoms with E-state index in [1.54, 1.807) is 6.08 Å². The summed E-state index contributed by atoms with van der Waals surface area (Å²) >= 11 is 7.20. The van der Waals surface area contributed by atoms with Crippen LogP contribution in [-0.2, 0) is 11.3 Å². The van der Waals surface area contributed by atoms with E-state index in [0.29, 0.717) is 15.6 Å². The zero-order valence-electron chi connectivity index (χ0n) is 13.6. The van der Waals surface area contributed by atoms with Crippen LogP contribution in [0.1, 0.15) is 11.1 Å². The summed E-state index contributed by atoms with van der Waals surface area (Å²) in [6, 6.07) is 18.9. The van der Waals surface area contributed by atoms with E-state index in [0.717, 1.165) is 28.2 Å². The molecule has 3 aromatic rings. The van der Waals surface area contributed by atoms with Gasteiger partial charge >= 0.3 is 0 Å². The minimum absolute atomic E-state index is 0.105. The topological polar surface area (TPSA) is 50.3 Å². The molecule has 1 aliphatic rings. The maximum Gasteiger partial charge on any atom is 0.293 e. The predicted octanol–water partition coefficient (Wildman–Crippen LogP) is 5.12. The molecule has 0 unspecified atom stereocenters. The summed E-state index contributed by atoms with van der Waals surface area (Å²) in [4.78, 5) is 30.9. The summed E-state index contributed by atoms with van der Waals surface area (Å²) in [6.45, 7) is 0.105. The molecule has 0 N–H and O–H groups in total. The van der Waals surface area contributed by atoms with Gasteiger partial charge in [-0.05, 0) is 35.5 Å². The summed E-state index contributed by atoms with van der Waals surface area (Å²) in [7, 11) is 0. The minimum Gasteiger partial charge on any atom is -0.268 e. The van der Waals surface area contributed by atoms with Gasteiger partial charge in [0.25, 0.3) is 11.1 Å². The Morgan fingerprint density at radius 2 is 1.77 bits per heavy atom. The third-order valence-corrected chi connectivity index (χ3v) is 5.28. The van der Waals surface area contributed by atoms with Crippen LogP contribution in [0.25, 0.3) is 17.0 Å². The number of amides is 2. The lowest BCUT2D eigenvalue weighted by Crippen LogP contribution is -2.27. The van der Waals surface area contributed by atoms with E-state index in [4.69, 9.17) is 11.6 Å². The molecule has 2 amide bonds. The van der Waals surface area contributed by atoms with Gasteiger partial charge in [0, 0.05) is 10.9 Å². The van der Waals surface area contributed by atoms with Crippen LogP contribution in [-0.4, -0.2) is 21.0 Å². The van der Waals surface area contributed by atoms with E-state index in [1.165, 1.54) is 4.90 Å². The van der Waals surface area contributed by atoms with Gasteiger partial charge in [-0.15, -0.1) is 0 Å². The van der Waals surface area contributed by atoms with Gasteiger partial charge in [0.2, 0.25) is 0 Å². The Labute approximate surface area is 159 Å². The first-order valence-corrected chi connectivity index (χ1v) is 9.16. The number of hydrogen-bond acceptors (Lipinski definition) is 4. The number of benzene rings is 2. The van der Waals surface area contributed by atoms with Crippen LogP contribution in [0.15, 0.2) is 65.6 Å². The molecule has 4 rings (SSSR count). The van der Waals surface area contributed by atoms with Crippen molar-refractivity contribution >= 4 is 51.5 Å². The summed E-state index contributed by atoms with van der Waals surface area (Å²) in [5.41, 5.74) is 2.30. The molecule has 0 bridgehead atoms. The first-order chi connectivity index (χ1) is 12.6. The lowest BCUT2D eigenvalue weighted by atomic mass is 10.1. The highest BCUT2D eigenvalue weighted by Gasteiger charge is 2.35. The summed E-state index contributed by atoms with van der Waals surface area (Å²) in [5, 5.41) is 0.912. The second-order valence-corrected chi connectivity index (χ2v) is 7.16. The number of carbonyl (C=O) groups excluding carboxylic acids is 2. The lowest BCUT2D eigenvalue weighted by Gasteiger charge is -2.14. The number of nitrogens with zero attached hydrogens (tertiary/aromatic N) is 2. The van der Waals surface area contributed by atoms with Crippen LogP contribution in [0.2, 0.25) is 5.15 Å². The van der Waals surface area contributed by atoms with Crippen LogP contribution in [0.3, 0.4) is 0 Å². The van der Waals surface area contributed by atoms with Crippen molar-refractivity contribution in [2.75, 3.05) is 0 Å². The van der Waals surface area contributed by atoms with E-state index in [2.05, 4.69) is 4.98 Å². The molecule has 4 nitrogen and oxygen atoms in total. The number of fused-ring (bicyclic) bond motifs is 1. The molecule has 0 radical (unpaired) electrons. The van der Waals surface area contributed by atoms with Gasteiger partial charge in [-0.25, -0.2) is 4.98 Å². The summed E-state index contributed by atoms with van der Waals surface area (Å²) < 4.78 is 0. The number of halogens is 1. The molecule has 0 spiro atoms. The third-order valence-electron chi connectivity index (χ3n) is 4.05. The molecule has 6 heteroatoms. The van der Waals surface area contributed by atoms with Gasteiger partial charge in [0.15, 0.2) is 0 Å².